The largest absolute Gasteiger partial charge is 0.503 e. The van der Waals surface area contributed by atoms with Crippen LogP contribution in [0.5, 0.6) is 0 Å². The summed E-state index contributed by atoms with van der Waals surface area (Å²) in [7, 11) is -9.65. The molecular formula is C27H67NO4Si5. The van der Waals surface area contributed by atoms with Crippen molar-refractivity contribution in [3.05, 3.63) is 0 Å². The lowest BCUT2D eigenvalue weighted by atomic mass is 10.5. The van der Waals surface area contributed by atoms with Gasteiger partial charge in [-0.05, 0) is 102 Å². The van der Waals surface area contributed by atoms with Crippen molar-refractivity contribution in [2.45, 2.75) is 149 Å². The van der Waals surface area contributed by atoms with Crippen LogP contribution in [-0.2, 0) is 17.4 Å². The minimum Gasteiger partial charge on any atom is -0.455 e. The van der Waals surface area contributed by atoms with E-state index in [1.807, 2.05) is 20.8 Å². The van der Waals surface area contributed by atoms with Crippen molar-refractivity contribution < 1.29 is 17.4 Å². The van der Waals surface area contributed by atoms with Gasteiger partial charge in [-0.25, -0.2) is 0 Å². The molecule has 1 unspecified atom stereocenters. The van der Waals surface area contributed by atoms with Crippen molar-refractivity contribution in [2.24, 2.45) is 0 Å². The second-order valence-corrected chi connectivity index (χ2v) is 35.0. The molecule has 0 aromatic heterocycles. The van der Waals surface area contributed by atoms with Crippen LogP contribution in [0.4, 0.5) is 0 Å². The first-order valence-electron chi connectivity index (χ1n) is 15.6. The van der Waals surface area contributed by atoms with Gasteiger partial charge >= 0.3 is 8.80 Å². The van der Waals surface area contributed by atoms with Gasteiger partial charge in [0.15, 0.2) is 16.6 Å². The normalized spacial score (nSPS) is 15.0. The van der Waals surface area contributed by atoms with Crippen molar-refractivity contribution >= 4 is 41.9 Å². The Hall–Kier alpha value is 0.884. The highest BCUT2D eigenvalue weighted by Crippen LogP contribution is 2.39. The van der Waals surface area contributed by atoms with Gasteiger partial charge in [0, 0.05) is 25.0 Å². The van der Waals surface area contributed by atoms with Crippen molar-refractivity contribution in [1.29, 1.82) is 0 Å². The van der Waals surface area contributed by atoms with E-state index in [1.54, 1.807) is 0 Å². The molecule has 0 bridgehead atoms. The third-order valence-electron chi connectivity index (χ3n) is 9.40. The van der Waals surface area contributed by atoms with E-state index in [4.69, 9.17) is 17.4 Å². The Balaban J connectivity index is 5.83. The number of hydrogen-bond acceptors (Lipinski definition) is 5. The first-order chi connectivity index (χ1) is 17.2. The van der Waals surface area contributed by atoms with Crippen LogP contribution in [-0.4, -0.2) is 72.5 Å². The van der Waals surface area contributed by atoms with Gasteiger partial charge in [0.25, 0.3) is 0 Å². The average Bonchev–Trinajstić information content (AvgIpc) is 2.85. The van der Waals surface area contributed by atoms with E-state index in [-0.39, 0.29) is 5.16 Å². The number of hydrogen-bond donors (Lipinski definition) is 0. The molecule has 0 aliphatic carbocycles. The molecule has 0 aromatic carbocycles. The zero-order valence-electron chi connectivity index (χ0n) is 27.6. The second kappa shape index (κ2) is 17.0. The van der Waals surface area contributed by atoms with Gasteiger partial charge in [-0.3, -0.25) is 0 Å². The molecule has 0 N–H and O–H groups in total. The van der Waals surface area contributed by atoms with Crippen molar-refractivity contribution in [3.63, 3.8) is 0 Å². The summed E-state index contributed by atoms with van der Waals surface area (Å²) in [4.78, 5) is 0. The maximum absolute atomic E-state index is 7.22. The maximum Gasteiger partial charge on any atom is 0.503 e. The monoisotopic (exact) mass is 609 g/mol. The summed E-state index contributed by atoms with van der Waals surface area (Å²) in [5.74, 6) is 0. The molecule has 0 rings (SSSR count). The summed E-state index contributed by atoms with van der Waals surface area (Å²) in [6, 6.07) is 9.57. The predicted molar refractivity (Wildman–Crippen MR) is 177 cm³/mol. The quantitative estimate of drug-likeness (QED) is 0.114. The highest BCUT2D eigenvalue weighted by atomic mass is 28.5. The minimum atomic E-state index is -2.80. The minimum absolute atomic E-state index is 0.198. The van der Waals surface area contributed by atoms with E-state index in [0.717, 1.165) is 0 Å². The van der Waals surface area contributed by atoms with Gasteiger partial charge in [-0.1, -0.05) is 48.5 Å². The van der Waals surface area contributed by atoms with Crippen LogP contribution in [0, 0.1) is 0 Å². The van der Waals surface area contributed by atoms with Crippen molar-refractivity contribution in [2.75, 3.05) is 26.4 Å². The van der Waals surface area contributed by atoms with Crippen molar-refractivity contribution in [3.8, 4) is 0 Å². The van der Waals surface area contributed by atoms with Gasteiger partial charge in [0.05, 0.1) is 0 Å². The zero-order chi connectivity index (χ0) is 29.0. The molecule has 5 nitrogen and oxygen atoms in total. The van der Waals surface area contributed by atoms with E-state index in [2.05, 4.69) is 78.9 Å². The Bertz CT molecular complexity index is 562. The lowest BCUT2D eigenvalue weighted by Crippen LogP contribution is -2.66. The zero-order valence-corrected chi connectivity index (χ0v) is 32.6. The smallest absolute Gasteiger partial charge is 0.455 e. The second-order valence-electron chi connectivity index (χ2n) is 11.9. The number of nitrogens with zero attached hydrogens (tertiary/aromatic N) is 1. The summed E-state index contributed by atoms with van der Waals surface area (Å²) in [6.45, 7) is 36.1. The molecule has 0 radical (unpaired) electrons. The van der Waals surface area contributed by atoms with E-state index in [9.17, 15) is 0 Å². The van der Waals surface area contributed by atoms with Crippen molar-refractivity contribution in [1.82, 2.24) is 4.23 Å². The third kappa shape index (κ3) is 9.74. The van der Waals surface area contributed by atoms with Crippen LogP contribution in [0.15, 0.2) is 0 Å². The molecule has 0 aromatic rings. The molecule has 0 saturated carbocycles. The number of rotatable bonds is 22. The molecule has 0 amide bonds. The Labute approximate surface area is 238 Å². The summed E-state index contributed by atoms with van der Waals surface area (Å²) in [6.07, 6.45) is 1.27. The molecule has 0 aliphatic rings. The van der Waals surface area contributed by atoms with Crippen LogP contribution in [0.3, 0.4) is 0 Å². The lowest BCUT2D eigenvalue weighted by Gasteiger charge is -2.52. The molecule has 0 aliphatic heterocycles. The average molecular weight is 610 g/mol. The molecule has 37 heavy (non-hydrogen) atoms. The van der Waals surface area contributed by atoms with E-state index >= 15 is 0 Å². The maximum atomic E-state index is 7.22. The van der Waals surface area contributed by atoms with Crippen LogP contribution in [0.25, 0.3) is 0 Å². The van der Waals surface area contributed by atoms with E-state index < -0.39 is 41.9 Å². The first kappa shape index (κ1) is 37.9. The van der Waals surface area contributed by atoms with Gasteiger partial charge in [-0.2, -0.15) is 0 Å². The standard InChI is InChI=1S/C27H67NO4Si5/c1-15-29-37(30-16-2,31-17-3)27(10)34(13,14)32-33(11,12)26-24-25-28(35(18-4,19-5)20-6)36(21-7,22-8)23-9/h27H,15-26H2,1-14H3. The van der Waals surface area contributed by atoms with E-state index in [1.165, 1.54) is 55.3 Å². The summed E-state index contributed by atoms with van der Waals surface area (Å²) >= 11 is 0. The highest BCUT2D eigenvalue weighted by Gasteiger charge is 2.56. The Morgan fingerprint density at radius 3 is 1.24 bits per heavy atom. The lowest BCUT2D eigenvalue weighted by molar-refractivity contribution is 0.0675. The van der Waals surface area contributed by atoms with Gasteiger partial charge in [-0.15, -0.1) is 0 Å². The Morgan fingerprint density at radius 2 is 0.946 bits per heavy atom. The summed E-state index contributed by atoms with van der Waals surface area (Å²) in [5.41, 5.74) is 0. The molecule has 0 fully saturated rings. The molecule has 10 heteroatoms. The molecule has 0 saturated heterocycles. The fourth-order valence-electron chi connectivity index (χ4n) is 6.67. The fourth-order valence-corrected chi connectivity index (χ4v) is 34.8. The van der Waals surface area contributed by atoms with Crippen LogP contribution in [0.2, 0.25) is 73.7 Å². The molecular weight excluding hydrogens is 543 g/mol. The highest BCUT2D eigenvalue weighted by molar-refractivity contribution is 6.93. The Morgan fingerprint density at radius 1 is 0.595 bits per heavy atom. The SMILES string of the molecule is CCO[Si](OCC)(OCC)C(C)[Si](C)(C)O[Si](C)(C)CCCN([Si](CC)(CC)CC)[Si](CC)(CC)CC. The first-order valence-corrected chi connectivity index (χ1v) is 28.7. The molecule has 0 spiro atoms. The van der Waals surface area contributed by atoms with Gasteiger partial charge in [0.2, 0.25) is 0 Å². The van der Waals surface area contributed by atoms with Gasteiger partial charge in [0.1, 0.15) is 16.5 Å². The molecule has 1 atom stereocenters. The molecule has 224 valence electrons. The third-order valence-corrected chi connectivity index (χ3v) is 37.1. The predicted octanol–water partition coefficient (Wildman–Crippen LogP) is 9.09. The van der Waals surface area contributed by atoms with Crippen LogP contribution >= 0.6 is 0 Å². The van der Waals surface area contributed by atoms with Crippen LogP contribution in [0.1, 0.15) is 75.7 Å². The summed E-state index contributed by atoms with van der Waals surface area (Å²) < 4.78 is 29.4. The van der Waals surface area contributed by atoms with Crippen LogP contribution < -0.4 is 0 Å². The molecule has 0 heterocycles. The summed E-state index contributed by atoms with van der Waals surface area (Å²) in [5, 5.41) is 0.198. The fraction of sp³-hybridized carbons (Fsp3) is 1.00. The Kier molecular flexibility index (Phi) is 17.4. The van der Waals surface area contributed by atoms with Gasteiger partial charge < -0.3 is 21.6 Å². The van der Waals surface area contributed by atoms with E-state index in [0.29, 0.717) is 19.8 Å². The topological polar surface area (TPSA) is 40.2 Å².